The molecule has 2 saturated heterocycles. The Morgan fingerprint density at radius 3 is 2.86 bits per heavy atom. The topological polar surface area (TPSA) is 69.8 Å². The van der Waals surface area contributed by atoms with Crippen molar-refractivity contribution in [2.45, 2.75) is 25.3 Å². The fourth-order valence-electron chi connectivity index (χ4n) is 3.45. The van der Waals surface area contributed by atoms with E-state index >= 15 is 0 Å². The first-order chi connectivity index (χ1) is 10.1. The number of rotatable bonds is 2. The summed E-state index contributed by atoms with van der Waals surface area (Å²) in [4.78, 5) is 15.9. The van der Waals surface area contributed by atoms with Crippen LogP contribution in [0.25, 0.3) is 0 Å². The first-order valence-electron chi connectivity index (χ1n) is 7.38. The summed E-state index contributed by atoms with van der Waals surface area (Å²) in [6.45, 7) is 3.57. The minimum Gasteiger partial charge on any atom is -0.478 e. The minimum atomic E-state index is -1.17. The lowest BCUT2D eigenvalue weighted by molar-refractivity contribution is 0.0697. The molecule has 0 saturated carbocycles. The standard InChI is InChI=1S/C15H20FN3O2/c16-11-4-5-12(13(14(11)17)15(20)21)19-8-7-18-6-2-1-3-10(18)9-19/h4-5,10H,1-3,6-9,17H2,(H,20,21). The number of nitrogens with two attached hydrogens (primary N) is 1. The van der Waals surface area contributed by atoms with Gasteiger partial charge in [0.2, 0.25) is 0 Å². The summed E-state index contributed by atoms with van der Waals surface area (Å²) in [7, 11) is 0. The van der Waals surface area contributed by atoms with E-state index in [-0.39, 0.29) is 11.3 Å². The lowest BCUT2D eigenvalue weighted by atomic mass is 9.98. The van der Waals surface area contributed by atoms with Crippen molar-refractivity contribution < 1.29 is 14.3 Å². The quantitative estimate of drug-likeness (QED) is 0.813. The maximum absolute atomic E-state index is 13.5. The average Bonchev–Trinajstić information content (AvgIpc) is 2.49. The minimum absolute atomic E-state index is 0.112. The lowest BCUT2D eigenvalue weighted by Gasteiger charge is -2.45. The molecule has 21 heavy (non-hydrogen) atoms. The zero-order valence-corrected chi connectivity index (χ0v) is 11.9. The van der Waals surface area contributed by atoms with Crippen molar-refractivity contribution in [3.05, 3.63) is 23.5 Å². The fourth-order valence-corrected chi connectivity index (χ4v) is 3.45. The van der Waals surface area contributed by atoms with E-state index < -0.39 is 11.8 Å². The predicted molar refractivity (Wildman–Crippen MR) is 79.2 cm³/mol. The van der Waals surface area contributed by atoms with Crippen LogP contribution in [0.5, 0.6) is 0 Å². The molecule has 6 heteroatoms. The molecule has 0 spiro atoms. The zero-order valence-electron chi connectivity index (χ0n) is 11.9. The first-order valence-corrected chi connectivity index (χ1v) is 7.38. The Morgan fingerprint density at radius 1 is 1.29 bits per heavy atom. The highest BCUT2D eigenvalue weighted by Crippen LogP contribution is 2.31. The number of fused-ring (bicyclic) bond motifs is 1. The van der Waals surface area contributed by atoms with Crippen molar-refractivity contribution in [2.24, 2.45) is 0 Å². The molecule has 3 N–H and O–H groups in total. The van der Waals surface area contributed by atoms with E-state index in [1.165, 1.54) is 25.0 Å². The van der Waals surface area contributed by atoms with Crippen LogP contribution < -0.4 is 10.6 Å². The number of aromatic carboxylic acids is 1. The van der Waals surface area contributed by atoms with Crippen molar-refractivity contribution in [3.63, 3.8) is 0 Å². The summed E-state index contributed by atoms with van der Waals surface area (Å²) in [5, 5.41) is 9.35. The van der Waals surface area contributed by atoms with E-state index in [0.717, 1.165) is 32.6 Å². The van der Waals surface area contributed by atoms with Gasteiger partial charge in [0.05, 0.1) is 11.4 Å². The molecule has 1 aromatic rings. The number of piperazine rings is 1. The molecule has 2 heterocycles. The van der Waals surface area contributed by atoms with Crippen molar-refractivity contribution in [1.82, 2.24) is 4.90 Å². The van der Waals surface area contributed by atoms with E-state index in [1.54, 1.807) is 0 Å². The van der Waals surface area contributed by atoms with Gasteiger partial charge in [0, 0.05) is 25.7 Å². The highest BCUT2D eigenvalue weighted by Gasteiger charge is 2.31. The van der Waals surface area contributed by atoms with Gasteiger partial charge in [0.25, 0.3) is 0 Å². The van der Waals surface area contributed by atoms with E-state index in [9.17, 15) is 14.3 Å². The normalized spacial score (nSPS) is 22.9. The molecule has 2 fully saturated rings. The van der Waals surface area contributed by atoms with Crippen molar-refractivity contribution in [3.8, 4) is 0 Å². The van der Waals surface area contributed by atoms with Crippen molar-refractivity contribution >= 4 is 17.3 Å². The number of carboxylic acid groups (broad SMARTS) is 1. The van der Waals surface area contributed by atoms with Gasteiger partial charge in [-0.25, -0.2) is 9.18 Å². The van der Waals surface area contributed by atoms with E-state index in [2.05, 4.69) is 4.90 Å². The first kappa shape index (κ1) is 14.1. The van der Waals surface area contributed by atoms with Gasteiger partial charge in [-0.15, -0.1) is 0 Å². The smallest absolute Gasteiger partial charge is 0.340 e. The number of anilines is 2. The maximum Gasteiger partial charge on any atom is 0.340 e. The summed E-state index contributed by atoms with van der Waals surface area (Å²) in [5.41, 5.74) is 5.78. The Labute approximate surface area is 123 Å². The Hall–Kier alpha value is -1.82. The average molecular weight is 293 g/mol. The molecule has 0 aromatic heterocycles. The summed E-state index contributed by atoms with van der Waals surface area (Å²) >= 11 is 0. The van der Waals surface area contributed by atoms with Crippen LogP contribution in [0.3, 0.4) is 0 Å². The van der Waals surface area contributed by atoms with Gasteiger partial charge in [-0.05, 0) is 31.5 Å². The molecule has 3 rings (SSSR count). The zero-order chi connectivity index (χ0) is 15.0. The second kappa shape index (κ2) is 5.52. The molecule has 1 unspecified atom stereocenters. The second-order valence-corrected chi connectivity index (χ2v) is 5.79. The van der Waals surface area contributed by atoms with Gasteiger partial charge >= 0.3 is 5.97 Å². The number of benzene rings is 1. The third-order valence-electron chi connectivity index (χ3n) is 4.56. The van der Waals surface area contributed by atoms with Crippen LogP contribution in [0.4, 0.5) is 15.8 Å². The van der Waals surface area contributed by atoms with Crippen LogP contribution in [-0.2, 0) is 0 Å². The molecular weight excluding hydrogens is 273 g/mol. The molecule has 0 aliphatic carbocycles. The molecular formula is C15H20FN3O2. The molecule has 1 aromatic carbocycles. The van der Waals surface area contributed by atoms with Gasteiger partial charge in [-0.3, -0.25) is 4.90 Å². The highest BCUT2D eigenvalue weighted by atomic mass is 19.1. The van der Waals surface area contributed by atoms with Crippen LogP contribution in [0.15, 0.2) is 12.1 Å². The number of nitrogens with zero attached hydrogens (tertiary/aromatic N) is 2. The Bertz CT molecular complexity index is 564. The fraction of sp³-hybridized carbons (Fsp3) is 0.533. The number of halogens is 1. The van der Waals surface area contributed by atoms with Crippen LogP contribution in [0, 0.1) is 5.82 Å². The van der Waals surface area contributed by atoms with Crippen LogP contribution in [0.2, 0.25) is 0 Å². The molecule has 114 valence electrons. The van der Waals surface area contributed by atoms with Crippen LogP contribution >= 0.6 is 0 Å². The van der Waals surface area contributed by atoms with Gasteiger partial charge in [-0.2, -0.15) is 0 Å². The second-order valence-electron chi connectivity index (χ2n) is 5.79. The third-order valence-corrected chi connectivity index (χ3v) is 4.56. The Kier molecular flexibility index (Phi) is 3.71. The largest absolute Gasteiger partial charge is 0.478 e. The number of carboxylic acids is 1. The highest BCUT2D eigenvalue weighted by molar-refractivity contribution is 6.00. The molecule has 2 aliphatic heterocycles. The lowest BCUT2D eigenvalue weighted by Crippen LogP contribution is -2.55. The summed E-state index contributed by atoms with van der Waals surface area (Å²) < 4.78 is 13.5. The van der Waals surface area contributed by atoms with Gasteiger partial charge in [-0.1, -0.05) is 6.42 Å². The predicted octanol–water partition coefficient (Wildman–Crippen LogP) is 1.78. The summed E-state index contributed by atoms with van der Waals surface area (Å²) in [6.07, 6.45) is 3.59. The molecule has 0 radical (unpaired) electrons. The SMILES string of the molecule is Nc1c(F)ccc(N2CCN3CCCCC3C2)c1C(=O)O. The molecule has 5 nitrogen and oxygen atoms in total. The van der Waals surface area contributed by atoms with E-state index in [4.69, 9.17) is 5.73 Å². The summed E-state index contributed by atoms with van der Waals surface area (Å²) in [5.74, 6) is -1.85. The van der Waals surface area contributed by atoms with E-state index in [1.807, 2.05) is 4.90 Å². The number of carbonyl (C=O) groups is 1. The monoisotopic (exact) mass is 293 g/mol. The molecule has 0 amide bonds. The van der Waals surface area contributed by atoms with Crippen molar-refractivity contribution in [1.29, 1.82) is 0 Å². The summed E-state index contributed by atoms with van der Waals surface area (Å²) in [6, 6.07) is 3.25. The Balaban J connectivity index is 1.90. The maximum atomic E-state index is 13.5. The Morgan fingerprint density at radius 2 is 2.10 bits per heavy atom. The number of nitrogen functional groups attached to an aromatic ring is 1. The van der Waals surface area contributed by atoms with E-state index in [0.29, 0.717) is 11.7 Å². The molecule has 0 bridgehead atoms. The van der Waals surface area contributed by atoms with Gasteiger partial charge in [0.1, 0.15) is 11.4 Å². The van der Waals surface area contributed by atoms with Crippen LogP contribution in [-0.4, -0.2) is 48.2 Å². The third kappa shape index (κ3) is 2.55. The van der Waals surface area contributed by atoms with Crippen LogP contribution in [0.1, 0.15) is 29.6 Å². The van der Waals surface area contributed by atoms with Crippen molar-refractivity contribution in [2.75, 3.05) is 36.8 Å². The van der Waals surface area contributed by atoms with Gasteiger partial charge in [0.15, 0.2) is 0 Å². The number of hydrogen-bond acceptors (Lipinski definition) is 4. The molecule has 1 atom stereocenters. The molecule has 2 aliphatic rings. The number of piperidine rings is 1. The number of hydrogen-bond donors (Lipinski definition) is 2. The van der Waals surface area contributed by atoms with Gasteiger partial charge < -0.3 is 15.7 Å².